The number of aryl methyl sites for hydroxylation is 2. The first-order valence-corrected chi connectivity index (χ1v) is 13.7. The number of hydrogen-bond acceptors (Lipinski definition) is 7. The number of methoxy groups -OCH3 is 1. The molecule has 4 rings (SSSR count). The second-order valence-corrected chi connectivity index (χ2v) is 11.7. The minimum Gasteiger partial charge on any atom is -0.483 e. The van der Waals surface area contributed by atoms with Crippen molar-refractivity contribution in [3.05, 3.63) is 35.0 Å². The van der Waals surface area contributed by atoms with E-state index < -0.39 is 53.0 Å². The Morgan fingerprint density at radius 3 is 2.56 bits per heavy atom. The molecule has 2 aromatic rings. The quantitative estimate of drug-likeness (QED) is 0.492. The Balaban J connectivity index is 1.66. The monoisotopic (exact) mass is 579 g/mol. The zero-order valence-electron chi connectivity index (χ0n) is 24.1. The second-order valence-electron chi connectivity index (χ2n) is 11.7. The number of alkyl carbamates (subject to hydrolysis) is 1. The number of hydrogen-bond donors (Lipinski definition) is 1. The van der Waals surface area contributed by atoms with Crippen LogP contribution in [0.5, 0.6) is 5.75 Å². The van der Waals surface area contributed by atoms with E-state index in [-0.39, 0.29) is 24.2 Å². The number of alkyl halides is 3. The summed E-state index contributed by atoms with van der Waals surface area (Å²) in [7, 11) is 1.23. The number of rotatable bonds is 5. The van der Waals surface area contributed by atoms with Gasteiger partial charge < -0.3 is 24.4 Å². The maximum absolute atomic E-state index is 13.8. The van der Waals surface area contributed by atoms with Crippen molar-refractivity contribution in [3.8, 4) is 5.75 Å². The van der Waals surface area contributed by atoms with Crippen LogP contribution >= 0.6 is 0 Å². The van der Waals surface area contributed by atoms with Crippen molar-refractivity contribution in [2.24, 2.45) is 0 Å². The molecule has 2 amide bonds. The molecule has 0 unspecified atom stereocenters. The van der Waals surface area contributed by atoms with Crippen molar-refractivity contribution in [1.29, 1.82) is 0 Å². The Morgan fingerprint density at radius 1 is 1.24 bits per heavy atom. The van der Waals surface area contributed by atoms with Gasteiger partial charge in [0.25, 0.3) is 0 Å². The molecule has 2 aliphatic rings. The smallest absolute Gasteiger partial charge is 0.418 e. The lowest BCUT2D eigenvalue weighted by Gasteiger charge is -2.37. The number of carbonyl (C=O) groups excluding carboxylic acids is 3. The first-order chi connectivity index (χ1) is 19.1. The Labute approximate surface area is 236 Å². The number of pyridine rings is 1. The van der Waals surface area contributed by atoms with Crippen molar-refractivity contribution in [3.63, 3.8) is 0 Å². The van der Waals surface area contributed by atoms with E-state index in [1.165, 1.54) is 18.1 Å². The lowest BCUT2D eigenvalue weighted by atomic mass is 9.87. The van der Waals surface area contributed by atoms with E-state index in [1.54, 1.807) is 33.8 Å². The van der Waals surface area contributed by atoms with E-state index in [2.05, 4.69) is 10.3 Å². The molecule has 1 aromatic heterocycles. The van der Waals surface area contributed by atoms with Gasteiger partial charge in [-0.15, -0.1) is 0 Å². The first-order valence-electron chi connectivity index (χ1n) is 13.7. The van der Waals surface area contributed by atoms with Gasteiger partial charge in [-0.05, 0) is 53.0 Å². The second kappa shape index (κ2) is 11.0. The number of carbonyl (C=O) groups is 3. The van der Waals surface area contributed by atoms with Crippen LogP contribution in [0.15, 0.2) is 18.2 Å². The van der Waals surface area contributed by atoms with E-state index in [0.717, 1.165) is 6.07 Å². The summed E-state index contributed by atoms with van der Waals surface area (Å²) < 4.78 is 57.9. The molecule has 1 saturated heterocycles. The average Bonchev–Trinajstić information content (AvgIpc) is 3.24. The number of aromatic nitrogens is 1. The number of benzene rings is 1. The third-order valence-corrected chi connectivity index (χ3v) is 7.42. The molecule has 0 aliphatic carbocycles. The van der Waals surface area contributed by atoms with Crippen LogP contribution in [0.2, 0.25) is 0 Å². The lowest BCUT2D eigenvalue weighted by Crippen LogP contribution is -2.53. The highest BCUT2D eigenvalue weighted by Gasteiger charge is 2.53. The first kappa shape index (κ1) is 30.4. The Bertz CT molecular complexity index is 1360. The fourth-order valence-corrected chi connectivity index (χ4v) is 5.68. The maximum atomic E-state index is 13.8. The number of nitrogens with zero attached hydrogens (tertiary/aromatic N) is 2. The molecule has 1 spiro atoms. The molecule has 0 radical (unpaired) electrons. The van der Waals surface area contributed by atoms with E-state index >= 15 is 0 Å². The van der Waals surface area contributed by atoms with Crippen molar-refractivity contribution in [1.82, 2.24) is 15.2 Å². The SMILES string of the molecule is CCC[C@H](NC(=O)OC(C)(C)C)C(=O)N1C[C@@]2(CCc3c(c(C)nc4c(C(F)(F)F)cccc34)O2)C[C@H]1C(=O)OC. The van der Waals surface area contributed by atoms with Gasteiger partial charge >= 0.3 is 18.2 Å². The van der Waals surface area contributed by atoms with E-state index in [1.807, 2.05) is 6.92 Å². The van der Waals surface area contributed by atoms with Crippen molar-refractivity contribution >= 4 is 28.9 Å². The third-order valence-electron chi connectivity index (χ3n) is 7.42. The largest absolute Gasteiger partial charge is 0.483 e. The summed E-state index contributed by atoms with van der Waals surface area (Å²) in [5.41, 5.74) is -1.81. The minimum atomic E-state index is -4.56. The van der Waals surface area contributed by atoms with Gasteiger partial charge in [-0.2, -0.15) is 13.2 Å². The van der Waals surface area contributed by atoms with Crippen molar-refractivity contribution < 1.29 is 41.8 Å². The third kappa shape index (κ3) is 6.20. The van der Waals surface area contributed by atoms with Crippen LogP contribution in [-0.2, 0) is 31.7 Å². The number of para-hydroxylation sites is 1. The van der Waals surface area contributed by atoms with Crippen molar-refractivity contribution in [2.75, 3.05) is 13.7 Å². The Morgan fingerprint density at radius 2 is 1.95 bits per heavy atom. The Hall–Kier alpha value is -3.57. The standard InChI is InChI=1S/C29H36F3N3O6/c1-7-9-20(34-26(38)41-27(3,4)5)24(36)35-15-28(14-21(35)25(37)39-6)13-12-18-17-10-8-11-19(29(30,31)32)22(17)33-16(2)23(18)40-28/h8,10-11,20-21H,7,9,12-15H2,1-6H3,(H,34,38)/t20-,21-,28+/m0/s1. The molecule has 1 fully saturated rings. The molecule has 1 N–H and O–H groups in total. The van der Waals surface area contributed by atoms with E-state index in [0.29, 0.717) is 42.4 Å². The highest BCUT2D eigenvalue weighted by atomic mass is 19.4. The van der Waals surface area contributed by atoms with Gasteiger partial charge in [-0.25, -0.2) is 14.6 Å². The summed E-state index contributed by atoms with van der Waals surface area (Å²) in [4.78, 5) is 44.8. The Kier molecular flexibility index (Phi) is 8.17. The topological polar surface area (TPSA) is 107 Å². The van der Waals surface area contributed by atoms with Crippen LogP contribution in [0.3, 0.4) is 0 Å². The number of amides is 2. The molecular weight excluding hydrogens is 543 g/mol. The molecule has 9 nitrogen and oxygen atoms in total. The zero-order chi connectivity index (χ0) is 30.3. The highest BCUT2D eigenvalue weighted by Crippen LogP contribution is 2.46. The van der Waals surface area contributed by atoms with Crippen LogP contribution in [0.1, 0.15) is 70.2 Å². The summed E-state index contributed by atoms with van der Waals surface area (Å²) in [6.45, 7) is 8.62. The number of esters is 1. The van der Waals surface area contributed by atoms with Gasteiger partial charge in [-0.1, -0.05) is 25.5 Å². The lowest BCUT2D eigenvalue weighted by molar-refractivity contribution is -0.151. The molecule has 2 aliphatic heterocycles. The average molecular weight is 580 g/mol. The molecule has 12 heteroatoms. The van der Waals surface area contributed by atoms with Gasteiger partial charge in [-0.3, -0.25) is 4.79 Å². The predicted octanol–water partition coefficient (Wildman–Crippen LogP) is 5.09. The molecule has 224 valence electrons. The fraction of sp³-hybridized carbons (Fsp3) is 0.586. The van der Waals surface area contributed by atoms with Crippen LogP contribution < -0.4 is 10.1 Å². The number of ether oxygens (including phenoxy) is 3. The summed E-state index contributed by atoms with van der Waals surface area (Å²) in [5.74, 6) is -0.735. The normalized spacial score (nSPS) is 21.3. The number of nitrogens with one attached hydrogen (secondary N) is 1. The van der Waals surface area contributed by atoms with Crippen molar-refractivity contribution in [2.45, 2.75) is 96.2 Å². The summed E-state index contributed by atoms with van der Waals surface area (Å²) in [6.07, 6.45) is -3.58. The number of likely N-dealkylation sites (tertiary alicyclic amines) is 1. The summed E-state index contributed by atoms with van der Waals surface area (Å²) in [6, 6.07) is 2.03. The van der Waals surface area contributed by atoms with Crippen LogP contribution in [0.25, 0.3) is 10.9 Å². The molecular formula is C29H36F3N3O6. The summed E-state index contributed by atoms with van der Waals surface area (Å²) in [5, 5.41) is 2.99. The molecule has 41 heavy (non-hydrogen) atoms. The number of halogens is 3. The van der Waals surface area contributed by atoms with Gasteiger partial charge in [0.15, 0.2) is 0 Å². The number of fused-ring (bicyclic) bond motifs is 3. The molecule has 3 heterocycles. The minimum absolute atomic E-state index is 0.0291. The highest BCUT2D eigenvalue weighted by molar-refractivity contribution is 5.91. The van der Waals surface area contributed by atoms with Crippen LogP contribution in [0, 0.1) is 6.92 Å². The predicted molar refractivity (Wildman–Crippen MR) is 143 cm³/mol. The van der Waals surface area contributed by atoms with Crippen LogP contribution in [-0.4, -0.2) is 64.8 Å². The summed E-state index contributed by atoms with van der Waals surface area (Å²) >= 11 is 0. The zero-order valence-corrected chi connectivity index (χ0v) is 24.1. The molecule has 0 saturated carbocycles. The maximum Gasteiger partial charge on any atom is 0.418 e. The van der Waals surface area contributed by atoms with E-state index in [4.69, 9.17) is 14.2 Å². The fourth-order valence-electron chi connectivity index (χ4n) is 5.68. The van der Waals surface area contributed by atoms with Gasteiger partial charge in [0.2, 0.25) is 5.91 Å². The van der Waals surface area contributed by atoms with E-state index in [9.17, 15) is 27.6 Å². The molecule has 1 aromatic carbocycles. The van der Waals surface area contributed by atoms with Gasteiger partial charge in [0.05, 0.1) is 30.4 Å². The van der Waals surface area contributed by atoms with Gasteiger partial charge in [0.1, 0.15) is 29.0 Å². The molecule has 0 bridgehead atoms. The van der Waals surface area contributed by atoms with Gasteiger partial charge in [0, 0.05) is 17.4 Å². The molecule has 3 atom stereocenters. The van der Waals surface area contributed by atoms with Crippen LogP contribution in [0.4, 0.5) is 18.0 Å².